The summed E-state index contributed by atoms with van der Waals surface area (Å²) in [7, 11) is 1.66. The summed E-state index contributed by atoms with van der Waals surface area (Å²) in [5, 5.41) is 11.3. The molecule has 0 saturated carbocycles. The van der Waals surface area contributed by atoms with Crippen LogP contribution in [0.2, 0.25) is 0 Å². The van der Waals surface area contributed by atoms with Crippen molar-refractivity contribution in [2.45, 2.75) is 52.3 Å². The second-order valence-electron chi connectivity index (χ2n) is 5.56. The fraction of sp³-hybridized carbons (Fsp3) is 0.688. The lowest BCUT2D eigenvalue weighted by Gasteiger charge is -2.25. The van der Waals surface area contributed by atoms with Gasteiger partial charge in [-0.2, -0.15) is 5.10 Å². The molecule has 0 aromatic carbocycles. The number of methoxy groups -OCH3 is 1. The van der Waals surface area contributed by atoms with Crippen molar-refractivity contribution in [2.24, 2.45) is 4.99 Å². The van der Waals surface area contributed by atoms with Crippen LogP contribution in [0.3, 0.4) is 0 Å². The fourth-order valence-corrected chi connectivity index (χ4v) is 2.60. The third-order valence-corrected chi connectivity index (χ3v) is 3.66. The van der Waals surface area contributed by atoms with Gasteiger partial charge >= 0.3 is 0 Å². The van der Waals surface area contributed by atoms with Gasteiger partial charge in [0.1, 0.15) is 12.4 Å². The lowest BCUT2D eigenvalue weighted by atomic mass is 10.1. The number of aliphatic imine (C=N–C) groups is 1. The minimum absolute atomic E-state index is 0.319. The summed E-state index contributed by atoms with van der Waals surface area (Å²) in [4.78, 5) is 9.12. The minimum atomic E-state index is 0.319. The Bertz CT molecular complexity index is 537. The molecule has 1 atom stereocenters. The highest BCUT2D eigenvalue weighted by Gasteiger charge is 2.22. The topological polar surface area (TPSA) is 76.4 Å². The number of nitrogens with one attached hydrogen (secondary N) is 2. The predicted octanol–water partition coefficient (Wildman–Crippen LogP) is 1.26. The van der Waals surface area contributed by atoms with E-state index < -0.39 is 0 Å². The van der Waals surface area contributed by atoms with Crippen LogP contribution >= 0.6 is 0 Å². The Kier molecular flexibility index (Phi) is 7.06. The second-order valence-corrected chi connectivity index (χ2v) is 5.56. The number of fused-ring (bicyclic) bond motifs is 1. The number of guanidine groups is 1. The predicted molar refractivity (Wildman–Crippen MR) is 91.4 cm³/mol. The SMILES string of the molecule is C/C=C/CCN=C(NCC)NC1CCc2nc(COC)nn2C1. The van der Waals surface area contributed by atoms with Crippen molar-refractivity contribution in [1.29, 1.82) is 0 Å². The maximum absolute atomic E-state index is 5.10. The number of nitrogens with zero attached hydrogens (tertiary/aromatic N) is 4. The number of rotatable bonds is 7. The third kappa shape index (κ3) is 5.35. The average molecular weight is 320 g/mol. The van der Waals surface area contributed by atoms with Gasteiger partial charge in [-0.1, -0.05) is 12.2 Å². The molecule has 0 fully saturated rings. The lowest BCUT2D eigenvalue weighted by molar-refractivity contribution is 0.177. The summed E-state index contributed by atoms with van der Waals surface area (Å²) in [5.74, 6) is 2.68. The Morgan fingerprint density at radius 3 is 3.13 bits per heavy atom. The molecule has 7 heteroatoms. The molecule has 128 valence electrons. The number of aromatic nitrogens is 3. The van der Waals surface area contributed by atoms with Gasteiger partial charge in [-0.25, -0.2) is 9.67 Å². The third-order valence-electron chi connectivity index (χ3n) is 3.66. The van der Waals surface area contributed by atoms with Crippen molar-refractivity contribution in [2.75, 3.05) is 20.2 Å². The summed E-state index contributed by atoms with van der Waals surface area (Å²) in [6.45, 7) is 7.03. The summed E-state index contributed by atoms with van der Waals surface area (Å²) in [6, 6.07) is 0.319. The summed E-state index contributed by atoms with van der Waals surface area (Å²) < 4.78 is 7.09. The van der Waals surface area contributed by atoms with E-state index in [1.165, 1.54) is 0 Å². The summed E-state index contributed by atoms with van der Waals surface area (Å²) in [5.41, 5.74) is 0. The van der Waals surface area contributed by atoms with E-state index in [9.17, 15) is 0 Å². The molecule has 1 unspecified atom stereocenters. The van der Waals surface area contributed by atoms with E-state index in [-0.39, 0.29) is 0 Å². The highest BCUT2D eigenvalue weighted by atomic mass is 16.5. The van der Waals surface area contributed by atoms with Crippen LogP contribution in [0.5, 0.6) is 0 Å². The van der Waals surface area contributed by atoms with Crippen LogP contribution in [-0.4, -0.2) is 47.0 Å². The van der Waals surface area contributed by atoms with Gasteiger partial charge in [-0.15, -0.1) is 0 Å². The maximum Gasteiger partial charge on any atom is 0.191 e. The fourth-order valence-electron chi connectivity index (χ4n) is 2.60. The molecule has 0 spiro atoms. The van der Waals surface area contributed by atoms with E-state index >= 15 is 0 Å². The Morgan fingerprint density at radius 1 is 1.52 bits per heavy atom. The van der Waals surface area contributed by atoms with Gasteiger partial charge in [-0.05, 0) is 26.7 Å². The largest absolute Gasteiger partial charge is 0.377 e. The zero-order chi connectivity index (χ0) is 16.5. The Morgan fingerprint density at radius 2 is 2.39 bits per heavy atom. The lowest BCUT2D eigenvalue weighted by Crippen LogP contribution is -2.47. The van der Waals surface area contributed by atoms with Crippen LogP contribution in [-0.2, 0) is 24.3 Å². The first-order chi connectivity index (χ1) is 11.3. The van der Waals surface area contributed by atoms with Crippen LogP contribution in [0, 0.1) is 0 Å². The molecule has 0 bridgehead atoms. The van der Waals surface area contributed by atoms with Crippen LogP contribution in [0.4, 0.5) is 0 Å². The average Bonchev–Trinajstić information content (AvgIpc) is 2.93. The van der Waals surface area contributed by atoms with Crippen LogP contribution in [0.15, 0.2) is 17.1 Å². The van der Waals surface area contributed by atoms with Crippen LogP contribution in [0.1, 0.15) is 38.3 Å². The molecule has 1 aromatic heterocycles. The highest BCUT2D eigenvalue weighted by Crippen LogP contribution is 2.13. The molecule has 23 heavy (non-hydrogen) atoms. The Hall–Kier alpha value is -1.89. The summed E-state index contributed by atoms with van der Waals surface area (Å²) >= 11 is 0. The number of hydrogen-bond donors (Lipinski definition) is 2. The molecular formula is C16H28N6O. The smallest absolute Gasteiger partial charge is 0.191 e. The molecule has 0 radical (unpaired) electrons. The van der Waals surface area contributed by atoms with E-state index in [2.05, 4.69) is 44.8 Å². The van der Waals surface area contributed by atoms with Crippen molar-refractivity contribution >= 4 is 5.96 Å². The van der Waals surface area contributed by atoms with Crippen molar-refractivity contribution < 1.29 is 4.74 Å². The first-order valence-corrected chi connectivity index (χ1v) is 8.34. The van der Waals surface area contributed by atoms with Gasteiger partial charge in [0.25, 0.3) is 0 Å². The van der Waals surface area contributed by atoms with E-state index in [1.807, 2.05) is 11.6 Å². The van der Waals surface area contributed by atoms with Crippen LogP contribution in [0.25, 0.3) is 0 Å². The maximum atomic E-state index is 5.10. The Balaban J connectivity index is 1.92. The number of allylic oxidation sites excluding steroid dienone is 1. The summed E-state index contributed by atoms with van der Waals surface area (Å²) in [6.07, 6.45) is 7.11. The van der Waals surface area contributed by atoms with Gasteiger partial charge in [0.15, 0.2) is 11.8 Å². The first-order valence-electron chi connectivity index (χ1n) is 8.34. The normalized spacial score (nSPS) is 18.2. The molecule has 1 aliphatic rings. The number of aryl methyl sites for hydroxylation is 1. The van der Waals surface area contributed by atoms with Crippen molar-refractivity contribution in [3.05, 3.63) is 23.8 Å². The molecule has 2 heterocycles. The molecule has 0 aliphatic carbocycles. The van der Waals surface area contributed by atoms with Gasteiger partial charge in [0.2, 0.25) is 0 Å². The quantitative estimate of drug-likeness (QED) is 0.342. The zero-order valence-electron chi connectivity index (χ0n) is 14.4. The highest BCUT2D eigenvalue weighted by molar-refractivity contribution is 5.80. The Labute approximate surface area is 138 Å². The molecule has 1 aromatic rings. The molecular weight excluding hydrogens is 292 g/mol. The standard InChI is InChI=1S/C16H28N6O/c1-4-6-7-10-18-16(17-5-2)19-13-8-9-15-20-14(12-23-3)21-22(15)11-13/h4,6,13H,5,7-12H2,1-3H3,(H2,17,18,19)/b6-4+. The van der Waals surface area contributed by atoms with E-state index in [0.717, 1.165) is 56.5 Å². The molecule has 0 amide bonds. The van der Waals surface area contributed by atoms with Gasteiger partial charge < -0.3 is 15.4 Å². The first kappa shape index (κ1) is 17.5. The van der Waals surface area contributed by atoms with Crippen LogP contribution < -0.4 is 10.6 Å². The van der Waals surface area contributed by atoms with Crippen molar-refractivity contribution in [3.8, 4) is 0 Å². The van der Waals surface area contributed by atoms with Gasteiger partial charge in [-0.3, -0.25) is 4.99 Å². The number of ether oxygens (including phenoxy) is 1. The van der Waals surface area contributed by atoms with Gasteiger partial charge in [0, 0.05) is 32.7 Å². The molecule has 7 nitrogen and oxygen atoms in total. The molecule has 1 aliphatic heterocycles. The van der Waals surface area contributed by atoms with E-state index in [0.29, 0.717) is 12.6 Å². The second kappa shape index (κ2) is 9.29. The molecule has 0 saturated heterocycles. The zero-order valence-corrected chi connectivity index (χ0v) is 14.4. The number of hydrogen-bond acceptors (Lipinski definition) is 4. The molecule has 2 N–H and O–H groups in total. The van der Waals surface area contributed by atoms with E-state index in [4.69, 9.17) is 4.74 Å². The van der Waals surface area contributed by atoms with Gasteiger partial charge in [0.05, 0.1) is 6.54 Å². The molecule has 2 rings (SSSR count). The van der Waals surface area contributed by atoms with E-state index in [1.54, 1.807) is 7.11 Å². The minimum Gasteiger partial charge on any atom is -0.377 e. The van der Waals surface area contributed by atoms with Crippen molar-refractivity contribution in [1.82, 2.24) is 25.4 Å². The monoisotopic (exact) mass is 320 g/mol. The van der Waals surface area contributed by atoms with Crippen molar-refractivity contribution in [3.63, 3.8) is 0 Å².